The van der Waals surface area contributed by atoms with E-state index in [1.165, 1.54) is 11.8 Å². The van der Waals surface area contributed by atoms with Gasteiger partial charge in [0.05, 0.1) is 0 Å². The summed E-state index contributed by atoms with van der Waals surface area (Å²) in [5.74, 6) is -1.84. The number of hydrogen-bond donors (Lipinski definition) is 0. The van der Waals surface area contributed by atoms with Gasteiger partial charge in [0.2, 0.25) is 0 Å². The van der Waals surface area contributed by atoms with Crippen LogP contribution in [0.5, 0.6) is 0 Å². The fourth-order valence-corrected chi connectivity index (χ4v) is 1.54. The molecule has 0 aliphatic heterocycles. The maximum Gasteiger partial charge on any atom is 1.00 e. The van der Waals surface area contributed by atoms with Crippen LogP contribution < -0.4 is 508 Å². The molecule has 12 nitrogen and oxygen atoms in total. The van der Waals surface area contributed by atoms with Crippen LogP contribution in [0.25, 0.3) is 0 Å². The van der Waals surface area contributed by atoms with E-state index >= 15 is 0 Å². The average molecular weight is 1450 g/mol. The minimum Gasteiger partial charge on any atom is -0.796 e. The largest absolute Gasteiger partial charge is 1.00 e. The van der Waals surface area contributed by atoms with Gasteiger partial charge in [-0.2, -0.15) is 61.5 Å². The first-order chi connectivity index (χ1) is 19.7. The number of carbonyl (C=O) groups excluding carboxylic acids is 3. The summed E-state index contributed by atoms with van der Waals surface area (Å²) in [7, 11) is 0. The standard InChI is InChI=1S/C5H7N3O3S.C3H8S3.3C2H4O2.C2H5.5CH4S.8Rb/c1-12-2-8-4(10)6-3(9)7-5(8)11;4-1-3(6)2-5;3*1-2(3)4;6*1-2;;;;;;;;/h2H2,1H3,(H2,6,7,9,10,11);3-6H,1-2H2;3*1H3,(H,3,4);1H2,2H3;5*2H,1H3;;;;;;;;/q;;;;;-1;;;;;;8*+1/p-13. The molecule has 0 saturated heterocycles. The van der Waals surface area contributed by atoms with E-state index in [1.54, 1.807) is 44.5 Å². The molecular formula is C21H39N3O9Rb8S9-6. The van der Waals surface area contributed by atoms with Gasteiger partial charge in [0, 0.05) is 17.9 Å². The number of carboxylic acid groups (broad SMARTS) is 3. The fraction of sp³-hybridized carbons (Fsp3) is 0.667. The van der Waals surface area contributed by atoms with Crippen molar-refractivity contribution in [1.82, 2.24) is 14.5 Å². The smallest absolute Gasteiger partial charge is 0.796 e. The summed E-state index contributed by atoms with van der Waals surface area (Å²) in [5.41, 5.74) is -2.70. The van der Waals surface area contributed by atoms with Crippen molar-refractivity contribution in [2.45, 2.75) is 38.8 Å². The van der Waals surface area contributed by atoms with E-state index in [-0.39, 0.29) is 477 Å². The minimum absolute atomic E-state index is 0. The third kappa shape index (κ3) is 168. The van der Waals surface area contributed by atoms with Crippen LogP contribution in [0.15, 0.2) is 14.4 Å². The summed E-state index contributed by atoms with van der Waals surface area (Å²) in [6.07, 6.45) is 9.64. The van der Waals surface area contributed by atoms with Gasteiger partial charge in [-0.1, -0.05) is 0 Å². The first-order valence-electron chi connectivity index (χ1n) is 10.1. The van der Waals surface area contributed by atoms with Gasteiger partial charge in [0.1, 0.15) is 17.1 Å². The Bertz CT molecular complexity index is 750. The summed E-state index contributed by atoms with van der Waals surface area (Å²) in [4.78, 5) is 64.8. The molecule has 0 unspecified atom stereocenters. The zero-order valence-corrected chi connectivity index (χ0v) is 79.8. The molecule has 1 aromatic rings. The first kappa shape index (κ1) is 120. The van der Waals surface area contributed by atoms with Crippen LogP contribution in [0, 0.1) is 6.92 Å². The second kappa shape index (κ2) is 125. The minimum atomic E-state index is -1.08. The number of hydrogen-bond acceptors (Lipinski definition) is 18. The number of aliphatic carboxylic acids is 3. The molecule has 1 aromatic heterocycles. The van der Waals surface area contributed by atoms with Gasteiger partial charge in [0.15, 0.2) is 0 Å². The van der Waals surface area contributed by atoms with Gasteiger partial charge < -0.3 is 167 Å². The summed E-state index contributed by atoms with van der Waals surface area (Å²) in [6.45, 7) is 7.92. The molecule has 0 spiro atoms. The summed E-state index contributed by atoms with van der Waals surface area (Å²) >= 11 is 35.6. The number of thioether (sulfide) groups is 1. The normalized spacial score (nSPS) is 5.84. The second-order valence-corrected chi connectivity index (χ2v) is 6.52. The van der Waals surface area contributed by atoms with Crippen LogP contribution >= 0.6 is 11.8 Å². The van der Waals surface area contributed by atoms with Gasteiger partial charge in [-0.05, 0) is 32.9 Å². The van der Waals surface area contributed by atoms with Crippen LogP contribution in [0.2, 0.25) is 0 Å². The van der Waals surface area contributed by atoms with Crippen LogP contribution in [-0.2, 0) is 121 Å². The Labute approximate surface area is 741 Å². The summed E-state index contributed by atoms with van der Waals surface area (Å²) in [5, 5.41) is 26.8. The van der Waals surface area contributed by atoms with E-state index in [9.17, 15) is 14.4 Å². The number of carbonyl (C=O) groups is 3. The van der Waals surface area contributed by atoms with Crippen molar-refractivity contribution in [3.05, 3.63) is 38.4 Å². The molecule has 0 radical (unpaired) electrons. The predicted molar refractivity (Wildman–Crippen MR) is 189 cm³/mol. The maximum absolute atomic E-state index is 10.8. The molecule has 0 atom stereocenters. The van der Waals surface area contributed by atoms with E-state index in [4.69, 9.17) is 42.3 Å². The van der Waals surface area contributed by atoms with E-state index < -0.39 is 35.0 Å². The van der Waals surface area contributed by atoms with Crippen LogP contribution in [0.3, 0.4) is 0 Å². The number of aromatic nitrogens is 3. The zero-order chi connectivity index (χ0) is 36.9. The van der Waals surface area contributed by atoms with Gasteiger partial charge in [0.25, 0.3) is 0 Å². The molecule has 50 heavy (non-hydrogen) atoms. The molecule has 260 valence electrons. The summed E-state index contributed by atoms with van der Waals surface area (Å²) < 4.78 is 0.798. The van der Waals surface area contributed by atoms with E-state index in [0.29, 0.717) is 11.5 Å². The third-order valence-electron chi connectivity index (χ3n) is 1.47. The topological polar surface area (TPSA) is 205 Å². The monoisotopic (exact) mass is 1440 g/mol. The van der Waals surface area contributed by atoms with Crippen molar-refractivity contribution in [3.63, 3.8) is 0 Å². The second-order valence-electron chi connectivity index (χ2n) is 4.35. The van der Waals surface area contributed by atoms with E-state index in [0.717, 1.165) is 25.3 Å². The molecule has 29 heteroatoms. The molecule has 1 rings (SSSR count). The molecule has 0 aliphatic rings. The average Bonchev–Trinajstić information content (AvgIpc) is 2.96. The Kier molecular flexibility index (Phi) is 301. The fourth-order valence-electron chi connectivity index (χ4n) is 0.679. The van der Waals surface area contributed by atoms with E-state index in [2.05, 4.69) is 105 Å². The van der Waals surface area contributed by atoms with Crippen LogP contribution in [-0.4, -0.2) is 76.8 Å². The Morgan fingerprint density at radius 3 is 0.880 bits per heavy atom. The van der Waals surface area contributed by atoms with Gasteiger partial charge in [-0.25, -0.2) is 5.25 Å². The Hall–Kier alpha value is 14.4. The molecular weight excluding hydrogens is 1410 g/mol. The SMILES string of the molecule is CC(=O)[O-].CC(=O)[O-].CC(=O)[O-].CSCn1c(=O)[n-]c(=O)[n-]c1=O.C[S-].C[S-].C[S-].C[S-].C[S-].[CH2-]C.[Rb+].[Rb+].[Rb+].[Rb+].[Rb+].[Rb+].[Rb+].[Rb+].[S-]CC([S-])C[S-]. The van der Waals surface area contributed by atoms with Crippen molar-refractivity contribution in [1.29, 1.82) is 0 Å². The molecule has 0 N–H and O–H groups in total. The van der Waals surface area contributed by atoms with Crippen LogP contribution in [0.4, 0.5) is 0 Å². The van der Waals surface area contributed by atoms with Gasteiger partial charge in [-0.15, -0.1) is 0 Å². The number of rotatable bonds is 4. The van der Waals surface area contributed by atoms with Gasteiger partial charge >= 0.3 is 465 Å². The van der Waals surface area contributed by atoms with Gasteiger partial charge in [-0.3, -0.25) is 0 Å². The van der Waals surface area contributed by atoms with Crippen LogP contribution in [0.1, 0.15) is 27.7 Å². The molecule has 0 bridgehead atoms. The van der Waals surface area contributed by atoms with Crippen molar-refractivity contribution in [2.75, 3.05) is 49.0 Å². The molecule has 0 aromatic carbocycles. The molecule has 1 heterocycles. The van der Waals surface area contributed by atoms with Crippen molar-refractivity contribution in [2.24, 2.45) is 0 Å². The summed E-state index contributed by atoms with van der Waals surface area (Å²) in [6, 6.07) is 0. The predicted octanol–water partition coefficient (Wildman–Crippen LogP) is -28.2. The Morgan fingerprint density at radius 2 is 0.780 bits per heavy atom. The number of nitrogens with zero attached hydrogens (tertiary/aromatic N) is 3. The first-order valence-corrected chi connectivity index (χ1v) is 17.2. The third-order valence-corrected chi connectivity index (χ3v) is 3.55. The van der Waals surface area contributed by atoms with E-state index in [1.807, 2.05) is 0 Å². The molecule has 0 saturated carbocycles. The quantitative estimate of drug-likeness (QED) is 0.203. The zero-order valence-electron chi connectivity index (χ0n) is 33.1. The molecule has 0 fully saturated rings. The number of carboxylic acids is 3. The molecule has 0 aliphatic carbocycles. The maximum atomic E-state index is 10.8. The Balaban J connectivity index is -0.0000000150. The molecule has 0 amide bonds. The van der Waals surface area contributed by atoms with Crippen molar-refractivity contribution in [3.8, 4) is 0 Å². The van der Waals surface area contributed by atoms with Crippen molar-refractivity contribution >= 4 is 131 Å². The van der Waals surface area contributed by atoms with Crippen molar-refractivity contribution < 1.29 is 495 Å². The Morgan fingerprint density at radius 1 is 0.620 bits per heavy atom.